The molecule has 0 fully saturated rings. The Morgan fingerprint density at radius 3 is 1.83 bits per heavy atom. The quantitative estimate of drug-likeness (QED) is 0.145. The second-order valence-electron chi connectivity index (χ2n) is 6.82. The largest absolute Gasteiger partial charge is 0.480 e. The third kappa shape index (κ3) is 9.11. The number of carbonyl (C=O) groups is 5. The Balaban J connectivity index is 5.43. The number of rotatable bonds is 12. The molecule has 166 valence electrons. The van der Waals surface area contributed by atoms with E-state index in [1.165, 1.54) is 6.92 Å². The number of aliphatic hydroxyl groups excluding tert-OH is 1. The van der Waals surface area contributed by atoms with Gasteiger partial charge in [0.1, 0.15) is 18.1 Å². The first-order valence-corrected chi connectivity index (χ1v) is 9.41. The van der Waals surface area contributed by atoms with Crippen LogP contribution in [-0.2, 0) is 24.0 Å². The van der Waals surface area contributed by atoms with Gasteiger partial charge >= 0.3 is 5.97 Å². The molecule has 0 spiro atoms. The Kier molecular flexibility index (Phi) is 11.2. The number of aliphatic hydroxyl groups is 1. The zero-order valence-electron chi connectivity index (χ0n) is 16.4. The second kappa shape index (κ2) is 12.2. The van der Waals surface area contributed by atoms with Gasteiger partial charge in [0.2, 0.25) is 23.6 Å². The van der Waals surface area contributed by atoms with E-state index in [9.17, 15) is 34.2 Å². The first kappa shape index (κ1) is 26.6. The summed E-state index contributed by atoms with van der Waals surface area (Å²) in [4.78, 5) is 59.4. The fraction of sp³-hybridized carbons (Fsp3) is 0.688. The van der Waals surface area contributed by atoms with Crippen LogP contribution in [0.2, 0.25) is 0 Å². The van der Waals surface area contributed by atoms with E-state index in [0.717, 1.165) is 0 Å². The minimum absolute atomic E-state index is 0.0154. The Morgan fingerprint density at radius 1 is 0.931 bits per heavy atom. The van der Waals surface area contributed by atoms with E-state index in [1.54, 1.807) is 13.8 Å². The number of carboxylic acids is 1. The lowest BCUT2D eigenvalue weighted by atomic mass is 10.0. The molecule has 0 aromatic rings. The van der Waals surface area contributed by atoms with Crippen LogP contribution >= 0.6 is 12.6 Å². The van der Waals surface area contributed by atoms with Crippen LogP contribution in [0.3, 0.4) is 0 Å². The van der Waals surface area contributed by atoms with Crippen molar-refractivity contribution in [3.63, 3.8) is 0 Å². The predicted octanol–water partition coefficient (Wildman–Crippen LogP) is -3.31. The SMILES string of the molecule is CC(C)C(NC(=O)C(CC(N)=O)NC(=O)C(NC(=O)C(N)CS)C(C)O)C(=O)O. The fourth-order valence-corrected chi connectivity index (χ4v) is 2.35. The molecule has 0 aromatic heterocycles. The summed E-state index contributed by atoms with van der Waals surface area (Å²) in [6, 6.07) is -5.32. The van der Waals surface area contributed by atoms with Gasteiger partial charge in [-0.3, -0.25) is 19.2 Å². The molecule has 0 aliphatic heterocycles. The highest BCUT2D eigenvalue weighted by atomic mass is 32.1. The number of hydrogen-bond donors (Lipinski definition) is 8. The predicted molar refractivity (Wildman–Crippen MR) is 106 cm³/mol. The standard InChI is InChI=1S/C16H29N5O7S/c1-6(2)11(16(27)28)20-14(25)9(4-10(18)23)19-15(26)12(7(3)22)21-13(24)8(17)5-29/h6-9,11-12,22,29H,4-5,17H2,1-3H3,(H2,18,23)(H,19,26)(H,20,25)(H,21,24)(H,27,28). The lowest BCUT2D eigenvalue weighted by Crippen LogP contribution is -2.60. The fourth-order valence-electron chi connectivity index (χ4n) is 2.19. The van der Waals surface area contributed by atoms with E-state index in [0.29, 0.717) is 0 Å². The highest BCUT2D eigenvalue weighted by molar-refractivity contribution is 7.80. The van der Waals surface area contributed by atoms with Gasteiger partial charge in [-0.25, -0.2) is 4.79 Å². The molecule has 0 aromatic carbocycles. The van der Waals surface area contributed by atoms with Crippen molar-refractivity contribution in [2.45, 2.75) is 57.5 Å². The van der Waals surface area contributed by atoms with Crippen molar-refractivity contribution < 1.29 is 34.2 Å². The maximum absolute atomic E-state index is 12.5. The number of thiol groups is 1. The van der Waals surface area contributed by atoms with Gasteiger partial charge in [-0.2, -0.15) is 12.6 Å². The first-order chi connectivity index (χ1) is 13.3. The Labute approximate surface area is 173 Å². The third-order valence-corrected chi connectivity index (χ3v) is 4.26. The van der Waals surface area contributed by atoms with E-state index in [4.69, 9.17) is 11.5 Å². The van der Waals surface area contributed by atoms with Gasteiger partial charge in [0.05, 0.1) is 18.6 Å². The van der Waals surface area contributed by atoms with Crippen molar-refractivity contribution in [2.75, 3.05) is 5.75 Å². The second-order valence-corrected chi connectivity index (χ2v) is 7.18. The zero-order chi connectivity index (χ0) is 22.9. The maximum Gasteiger partial charge on any atom is 0.326 e. The van der Waals surface area contributed by atoms with Crippen LogP contribution in [0.1, 0.15) is 27.2 Å². The van der Waals surface area contributed by atoms with Crippen molar-refractivity contribution in [2.24, 2.45) is 17.4 Å². The molecule has 0 saturated carbocycles. The van der Waals surface area contributed by atoms with Gasteiger partial charge in [-0.15, -0.1) is 0 Å². The topological polar surface area (TPSA) is 214 Å². The van der Waals surface area contributed by atoms with Gasteiger partial charge in [0.25, 0.3) is 0 Å². The molecule has 0 radical (unpaired) electrons. The molecule has 0 saturated heterocycles. The van der Waals surface area contributed by atoms with Crippen LogP contribution in [0.25, 0.3) is 0 Å². The number of aliphatic carboxylic acids is 1. The number of nitrogens with two attached hydrogens (primary N) is 2. The van der Waals surface area contributed by atoms with Crippen LogP contribution in [0.5, 0.6) is 0 Å². The van der Waals surface area contributed by atoms with Crippen LogP contribution in [0, 0.1) is 5.92 Å². The lowest BCUT2D eigenvalue weighted by Gasteiger charge is -2.26. The van der Waals surface area contributed by atoms with E-state index in [1.807, 2.05) is 0 Å². The van der Waals surface area contributed by atoms with Crippen LogP contribution < -0.4 is 27.4 Å². The van der Waals surface area contributed by atoms with Gasteiger partial charge < -0.3 is 37.6 Å². The monoisotopic (exact) mass is 435 g/mol. The number of carbonyl (C=O) groups excluding carboxylic acids is 4. The normalized spacial score (nSPS) is 16.1. The van der Waals surface area contributed by atoms with Crippen molar-refractivity contribution in [3.8, 4) is 0 Å². The molecule has 0 bridgehead atoms. The van der Waals surface area contributed by atoms with Crippen molar-refractivity contribution in [1.29, 1.82) is 0 Å². The third-order valence-electron chi connectivity index (χ3n) is 3.86. The van der Waals surface area contributed by atoms with E-state index >= 15 is 0 Å². The number of nitrogens with one attached hydrogen (secondary N) is 3. The number of amides is 4. The highest BCUT2D eigenvalue weighted by Gasteiger charge is 2.33. The molecule has 5 atom stereocenters. The van der Waals surface area contributed by atoms with Gasteiger partial charge in [-0.1, -0.05) is 13.8 Å². The summed E-state index contributed by atoms with van der Waals surface area (Å²) in [5, 5.41) is 25.6. The Bertz CT molecular complexity index is 629. The molecule has 29 heavy (non-hydrogen) atoms. The molecule has 0 aliphatic rings. The van der Waals surface area contributed by atoms with Crippen molar-refractivity contribution in [3.05, 3.63) is 0 Å². The van der Waals surface area contributed by atoms with Gasteiger partial charge in [-0.05, 0) is 12.8 Å². The summed E-state index contributed by atoms with van der Waals surface area (Å²) in [6.45, 7) is 4.34. The summed E-state index contributed by atoms with van der Waals surface area (Å²) < 4.78 is 0. The molecule has 0 heterocycles. The molecule has 12 nitrogen and oxygen atoms in total. The van der Waals surface area contributed by atoms with Crippen molar-refractivity contribution in [1.82, 2.24) is 16.0 Å². The highest BCUT2D eigenvalue weighted by Crippen LogP contribution is 2.04. The first-order valence-electron chi connectivity index (χ1n) is 8.78. The van der Waals surface area contributed by atoms with Crippen LogP contribution in [-0.4, -0.2) is 75.8 Å². The Morgan fingerprint density at radius 2 is 1.45 bits per heavy atom. The van der Waals surface area contributed by atoms with Gasteiger partial charge in [0.15, 0.2) is 0 Å². The molecular formula is C16H29N5O7S. The van der Waals surface area contributed by atoms with Gasteiger partial charge in [0, 0.05) is 5.75 Å². The summed E-state index contributed by atoms with van der Waals surface area (Å²) in [7, 11) is 0. The van der Waals surface area contributed by atoms with Crippen molar-refractivity contribution >= 4 is 42.2 Å². The minimum Gasteiger partial charge on any atom is -0.480 e. The number of carboxylic acid groups (broad SMARTS) is 1. The molecular weight excluding hydrogens is 406 g/mol. The summed E-state index contributed by atoms with van der Waals surface area (Å²) in [6.07, 6.45) is -2.00. The minimum atomic E-state index is -1.52. The Hall–Kier alpha value is -2.38. The smallest absolute Gasteiger partial charge is 0.326 e. The number of primary amides is 1. The van der Waals surface area contributed by atoms with E-state index in [-0.39, 0.29) is 5.75 Å². The molecule has 0 rings (SSSR count). The molecule has 0 aliphatic carbocycles. The summed E-state index contributed by atoms with van der Waals surface area (Å²) >= 11 is 3.86. The van der Waals surface area contributed by atoms with E-state index in [2.05, 4.69) is 28.6 Å². The lowest BCUT2D eigenvalue weighted by molar-refractivity contribution is -0.143. The average Bonchev–Trinajstić information content (AvgIpc) is 2.60. The molecule has 9 N–H and O–H groups in total. The summed E-state index contributed by atoms with van der Waals surface area (Å²) in [5.74, 6) is -5.43. The number of hydrogen-bond acceptors (Lipinski definition) is 8. The molecule has 13 heteroatoms. The molecule has 5 unspecified atom stereocenters. The van der Waals surface area contributed by atoms with E-state index < -0.39 is 72.2 Å². The van der Waals surface area contributed by atoms with Crippen LogP contribution in [0.4, 0.5) is 0 Å². The van der Waals surface area contributed by atoms with Crippen LogP contribution in [0.15, 0.2) is 0 Å². The average molecular weight is 436 g/mol. The molecule has 4 amide bonds. The zero-order valence-corrected chi connectivity index (χ0v) is 17.3. The maximum atomic E-state index is 12.5. The summed E-state index contributed by atoms with van der Waals surface area (Å²) in [5.41, 5.74) is 10.6.